The maximum Gasteiger partial charge on any atom is 0.134 e. The van der Waals surface area contributed by atoms with Crippen LogP contribution in [0, 0.1) is 5.92 Å². The minimum Gasteiger partial charge on any atom is -0.397 e. The Hall–Kier alpha value is -2.37. The monoisotopic (exact) mass is 393 g/mol. The molecule has 154 valence electrons. The summed E-state index contributed by atoms with van der Waals surface area (Å²) in [6.45, 7) is 9.35. The Balaban J connectivity index is 1.77. The van der Waals surface area contributed by atoms with Crippen molar-refractivity contribution < 1.29 is 9.47 Å². The molecule has 4 rings (SSSR count). The van der Waals surface area contributed by atoms with Crippen molar-refractivity contribution in [3.05, 3.63) is 66.0 Å². The normalized spacial score (nSPS) is 26.2. The molecule has 1 aromatic carbocycles. The summed E-state index contributed by atoms with van der Waals surface area (Å²) >= 11 is 0. The van der Waals surface area contributed by atoms with Gasteiger partial charge in [-0.25, -0.2) is 4.52 Å². The first-order valence-electron chi connectivity index (χ1n) is 10.5. The summed E-state index contributed by atoms with van der Waals surface area (Å²) in [6.07, 6.45) is 3.50. The van der Waals surface area contributed by atoms with Gasteiger partial charge in [0.05, 0.1) is 35.2 Å². The van der Waals surface area contributed by atoms with Gasteiger partial charge in [-0.1, -0.05) is 51.1 Å². The van der Waals surface area contributed by atoms with Gasteiger partial charge in [-0.05, 0) is 43.5 Å². The van der Waals surface area contributed by atoms with Crippen LogP contribution in [0.3, 0.4) is 0 Å². The van der Waals surface area contributed by atoms with Gasteiger partial charge < -0.3 is 15.2 Å². The zero-order chi connectivity index (χ0) is 20.6. The van der Waals surface area contributed by atoms with Crippen molar-refractivity contribution >= 4 is 11.2 Å². The van der Waals surface area contributed by atoms with E-state index < -0.39 is 5.60 Å². The molecule has 0 amide bonds. The standard InChI is InChI=1S/C24H31N3O2/c1-5-24(6-2)17(3)22(28-16-18-10-8-7-9-11-18)23(4,29-24)21-13-12-20-19(25)14-15-26-27(20)21/h7-15,17,22H,5-6,16,25H2,1-4H3/t17-,22+,23?/m0/s1. The topological polar surface area (TPSA) is 61.8 Å². The van der Waals surface area contributed by atoms with Crippen LogP contribution in [-0.2, 0) is 21.7 Å². The number of hydrogen-bond acceptors (Lipinski definition) is 4. The van der Waals surface area contributed by atoms with Crippen LogP contribution < -0.4 is 5.73 Å². The summed E-state index contributed by atoms with van der Waals surface area (Å²) in [5.74, 6) is 0.234. The molecule has 5 heteroatoms. The number of fused-ring (bicyclic) bond motifs is 1. The summed E-state index contributed by atoms with van der Waals surface area (Å²) in [5.41, 5.74) is 9.06. The molecule has 3 heterocycles. The van der Waals surface area contributed by atoms with E-state index in [2.05, 4.69) is 51.0 Å². The first-order valence-corrected chi connectivity index (χ1v) is 10.5. The first-order chi connectivity index (χ1) is 13.9. The molecule has 1 aliphatic rings. The number of nitrogen functional groups attached to an aromatic ring is 1. The first kappa shape index (κ1) is 19.9. The number of aromatic nitrogens is 2. The van der Waals surface area contributed by atoms with Gasteiger partial charge in [0.1, 0.15) is 5.60 Å². The van der Waals surface area contributed by atoms with Crippen LogP contribution in [-0.4, -0.2) is 21.3 Å². The second-order valence-corrected chi connectivity index (χ2v) is 8.29. The van der Waals surface area contributed by atoms with Gasteiger partial charge in [-0.15, -0.1) is 0 Å². The third-order valence-electron chi connectivity index (χ3n) is 6.81. The van der Waals surface area contributed by atoms with E-state index in [1.807, 2.05) is 34.8 Å². The number of nitrogens with two attached hydrogens (primary N) is 1. The average molecular weight is 394 g/mol. The lowest BCUT2D eigenvalue weighted by Crippen LogP contribution is -2.39. The van der Waals surface area contributed by atoms with Crippen molar-refractivity contribution in [1.82, 2.24) is 9.61 Å². The highest BCUT2D eigenvalue weighted by Crippen LogP contribution is 2.52. The minimum absolute atomic E-state index is 0.107. The Labute approximate surface area is 172 Å². The lowest BCUT2D eigenvalue weighted by molar-refractivity contribution is -0.139. The highest BCUT2D eigenvalue weighted by atomic mass is 16.6. The molecule has 1 aliphatic heterocycles. The summed E-state index contributed by atoms with van der Waals surface area (Å²) in [7, 11) is 0. The van der Waals surface area contributed by atoms with E-state index in [1.165, 1.54) is 0 Å². The van der Waals surface area contributed by atoms with Gasteiger partial charge in [0.25, 0.3) is 0 Å². The summed E-state index contributed by atoms with van der Waals surface area (Å²) in [6, 6.07) is 16.2. The molecule has 2 aromatic heterocycles. The summed E-state index contributed by atoms with van der Waals surface area (Å²) in [4.78, 5) is 0. The van der Waals surface area contributed by atoms with E-state index in [9.17, 15) is 0 Å². The predicted octanol–water partition coefficient (Wildman–Crippen LogP) is 4.94. The maximum absolute atomic E-state index is 6.91. The fourth-order valence-electron chi connectivity index (χ4n) is 5.04. The molecular formula is C24H31N3O2. The van der Waals surface area contributed by atoms with E-state index in [0.29, 0.717) is 12.3 Å². The maximum atomic E-state index is 6.91. The molecule has 0 bridgehead atoms. The molecule has 5 nitrogen and oxygen atoms in total. The predicted molar refractivity (Wildman–Crippen MR) is 116 cm³/mol. The number of nitrogens with zero attached hydrogens (tertiary/aromatic N) is 2. The second kappa shape index (κ2) is 7.47. The smallest absolute Gasteiger partial charge is 0.134 e. The van der Waals surface area contributed by atoms with E-state index in [1.54, 1.807) is 6.20 Å². The number of hydrogen-bond donors (Lipinski definition) is 1. The Kier molecular flexibility index (Phi) is 5.13. The van der Waals surface area contributed by atoms with Crippen molar-refractivity contribution in [3.63, 3.8) is 0 Å². The van der Waals surface area contributed by atoms with E-state index >= 15 is 0 Å². The van der Waals surface area contributed by atoms with Gasteiger partial charge in [-0.3, -0.25) is 0 Å². The molecule has 1 saturated heterocycles. The molecule has 2 N–H and O–H groups in total. The van der Waals surface area contributed by atoms with Crippen LogP contribution in [0.15, 0.2) is 54.7 Å². The van der Waals surface area contributed by atoms with Crippen LogP contribution in [0.5, 0.6) is 0 Å². The number of rotatable bonds is 6. The molecule has 29 heavy (non-hydrogen) atoms. The van der Waals surface area contributed by atoms with Crippen molar-refractivity contribution in [2.75, 3.05) is 5.73 Å². The molecule has 0 radical (unpaired) electrons. The minimum atomic E-state index is -0.632. The van der Waals surface area contributed by atoms with Crippen molar-refractivity contribution in [3.8, 4) is 0 Å². The number of benzene rings is 1. The van der Waals surface area contributed by atoms with E-state index in [-0.39, 0.29) is 17.6 Å². The van der Waals surface area contributed by atoms with Gasteiger partial charge in [0.2, 0.25) is 0 Å². The molecule has 3 aromatic rings. The third kappa shape index (κ3) is 3.13. The highest BCUT2D eigenvalue weighted by Gasteiger charge is 2.59. The van der Waals surface area contributed by atoms with Crippen LogP contribution in [0.4, 0.5) is 5.69 Å². The third-order valence-corrected chi connectivity index (χ3v) is 6.81. The van der Waals surface area contributed by atoms with E-state index in [0.717, 1.165) is 29.6 Å². The second-order valence-electron chi connectivity index (χ2n) is 8.29. The Morgan fingerprint density at radius 1 is 1.10 bits per heavy atom. The van der Waals surface area contributed by atoms with Crippen molar-refractivity contribution in [2.24, 2.45) is 5.92 Å². The van der Waals surface area contributed by atoms with Gasteiger partial charge >= 0.3 is 0 Å². The number of anilines is 1. The lowest BCUT2D eigenvalue weighted by Gasteiger charge is -2.33. The van der Waals surface area contributed by atoms with Crippen LogP contribution in [0.1, 0.15) is 51.8 Å². The zero-order valence-electron chi connectivity index (χ0n) is 17.8. The molecule has 1 fully saturated rings. The summed E-state index contributed by atoms with van der Waals surface area (Å²) < 4.78 is 15.4. The molecule has 0 aliphatic carbocycles. The molecule has 0 saturated carbocycles. The fourth-order valence-corrected chi connectivity index (χ4v) is 5.04. The van der Waals surface area contributed by atoms with Crippen LogP contribution >= 0.6 is 0 Å². The summed E-state index contributed by atoms with van der Waals surface area (Å²) in [5, 5.41) is 4.57. The largest absolute Gasteiger partial charge is 0.397 e. The van der Waals surface area contributed by atoms with Gasteiger partial charge in [0.15, 0.2) is 0 Å². The van der Waals surface area contributed by atoms with Crippen LogP contribution in [0.2, 0.25) is 0 Å². The number of ether oxygens (including phenoxy) is 2. The molecular weight excluding hydrogens is 362 g/mol. The van der Waals surface area contributed by atoms with Crippen molar-refractivity contribution in [2.45, 2.75) is 64.4 Å². The molecule has 1 unspecified atom stereocenters. The van der Waals surface area contributed by atoms with Crippen molar-refractivity contribution in [1.29, 1.82) is 0 Å². The van der Waals surface area contributed by atoms with Crippen LogP contribution in [0.25, 0.3) is 5.52 Å². The highest BCUT2D eigenvalue weighted by molar-refractivity contribution is 5.69. The zero-order valence-corrected chi connectivity index (χ0v) is 17.8. The van der Waals surface area contributed by atoms with E-state index in [4.69, 9.17) is 15.2 Å². The van der Waals surface area contributed by atoms with Gasteiger partial charge in [-0.2, -0.15) is 5.10 Å². The SMILES string of the molecule is CCC1(CC)OC(C)(c2ccc3c(N)ccnn23)[C@H](OCc2ccccc2)[C@@H]1C. The lowest BCUT2D eigenvalue weighted by atomic mass is 9.79. The quantitative estimate of drug-likeness (QED) is 0.644. The Morgan fingerprint density at radius 3 is 2.52 bits per heavy atom. The molecule has 0 spiro atoms. The molecule has 3 atom stereocenters. The Morgan fingerprint density at radius 2 is 1.83 bits per heavy atom. The van der Waals surface area contributed by atoms with Gasteiger partial charge in [0, 0.05) is 12.1 Å². The fraction of sp³-hybridized carbons (Fsp3) is 0.458. The average Bonchev–Trinajstić information content (AvgIpc) is 3.27. The Bertz CT molecular complexity index is 980.